The summed E-state index contributed by atoms with van der Waals surface area (Å²) in [6.45, 7) is 4.98. The largest absolute Gasteiger partial charge is 0.368 e. The number of nitrogens with one attached hydrogen (secondary N) is 1. The number of halogens is 1. The highest BCUT2D eigenvalue weighted by atomic mass is 32.3. The molecule has 6 nitrogen and oxygen atoms in total. The lowest BCUT2D eigenvalue weighted by Gasteiger charge is -2.27. The van der Waals surface area contributed by atoms with Crippen molar-refractivity contribution >= 4 is 10.2 Å². The van der Waals surface area contributed by atoms with E-state index in [9.17, 15) is 12.3 Å². The van der Waals surface area contributed by atoms with Crippen LogP contribution in [0.2, 0.25) is 0 Å². The van der Waals surface area contributed by atoms with Crippen LogP contribution in [0.1, 0.15) is 31.6 Å². The van der Waals surface area contributed by atoms with Crippen LogP contribution in [0.5, 0.6) is 0 Å². The van der Waals surface area contributed by atoms with Crippen LogP contribution in [-0.4, -0.2) is 36.3 Å². The standard InChI is InChI=1S/C8H13FN4O2S/c1-5(2)13-7(6-3-10-4-6)11-12-8(13)16(9,14)15/h5-6,10H,3-4H2,1-2H3. The average molecular weight is 248 g/mol. The van der Waals surface area contributed by atoms with Crippen LogP contribution in [-0.2, 0) is 10.2 Å². The second-order valence-corrected chi connectivity index (χ2v) is 5.34. The second-order valence-electron chi connectivity index (χ2n) is 4.10. The Balaban J connectivity index is 2.51. The summed E-state index contributed by atoms with van der Waals surface area (Å²) in [5.41, 5.74) is 0. The van der Waals surface area contributed by atoms with Gasteiger partial charge in [-0.15, -0.1) is 10.2 Å². The van der Waals surface area contributed by atoms with Gasteiger partial charge in [-0.1, -0.05) is 3.89 Å². The summed E-state index contributed by atoms with van der Waals surface area (Å²) in [5, 5.41) is 9.67. The molecule has 0 aliphatic carbocycles. The first-order chi connectivity index (χ1) is 7.41. The van der Waals surface area contributed by atoms with E-state index in [0.29, 0.717) is 5.82 Å². The van der Waals surface area contributed by atoms with Gasteiger partial charge in [0.15, 0.2) is 0 Å². The summed E-state index contributed by atoms with van der Waals surface area (Å²) in [4.78, 5) is 0. The summed E-state index contributed by atoms with van der Waals surface area (Å²) < 4.78 is 36.1. The molecule has 1 aromatic heterocycles. The van der Waals surface area contributed by atoms with E-state index in [2.05, 4.69) is 15.5 Å². The lowest BCUT2D eigenvalue weighted by atomic mass is 10.0. The van der Waals surface area contributed by atoms with E-state index in [0.717, 1.165) is 13.1 Å². The van der Waals surface area contributed by atoms with Gasteiger partial charge in [0.2, 0.25) is 0 Å². The number of rotatable bonds is 3. The summed E-state index contributed by atoms with van der Waals surface area (Å²) in [7, 11) is -4.81. The zero-order valence-corrected chi connectivity index (χ0v) is 9.83. The summed E-state index contributed by atoms with van der Waals surface area (Å²) in [6.07, 6.45) is 0. The smallest absolute Gasteiger partial charge is 0.315 e. The first-order valence-corrected chi connectivity index (χ1v) is 6.39. The maximum atomic E-state index is 13.0. The third-order valence-electron chi connectivity index (χ3n) is 2.57. The third-order valence-corrected chi connectivity index (χ3v) is 3.29. The molecule has 1 aliphatic heterocycles. The molecular weight excluding hydrogens is 235 g/mol. The zero-order valence-electron chi connectivity index (χ0n) is 9.01. The third kappa shape index (κ3) is 1.82. The SMILES string of the molecule is CC(C)n1c(C2CNC2)nnc1S(=O)(=O)F. The molecule has 16 heavy (non-hydrogen) atoms. The van der Waals surface area contributed by atoms with Crippen LogP contribution in [0.4, 0.5) is 3.89 Å². The van der Waals surface area contributed by atoms with Gasteiger partial charge in [-0.3, -0.25) is 4.57 Å². The van der Waals surface area contributed by atoms with Gasteiger partial charge in [-0.05, 0) is 13.8 Å². The van der Waals surface area contributed by atoms with Crippen molar-refractivity contribution in [1.29, 1.82) is 0 Å². The van der Waals surface area contributed by atoms with Crippen molar-refractivity contribution in [3.63, 3.8) is 0 Å². The molecule has 0 radical (unpaired) electrons. The van der Waals surface area contributed by atoms with E-state index in [1.165, 1.54) is 4.57 Å². The fourth-order valence-electron chi connectivity index (χ4n) is 1.69. The highest BCUT2D eigenvalue weighted by Gasteiger charge is 2.31. The molecular formula is C8H13FN4O2S. The van der Waals surface area contributed by atoms with Gasteiger partial charge in [0, 0.05) is 25.0 Å². The van der Waals surface area contributed by atoms with Gasteiger partial charge >= 0.3 is 10.2 Å². The van der Waals surface area contributed by atoms with Gasteiger partial charge in [-0.2, -0.15) is 8.42 Å². The van der Waals surface area contributed by atoms with Crippen molar-refractivity contribution in [2.75, 3.05) is 13.1 Å². The van der Waals surface area contributed by atoms with Crippen molar-refractivity contribution in [2.45, 2.75) is 31.0 Å². The van der Waals surface area contributed by atoms with Crippen LogP contribution in [0, 0.1) is 0 Å². The molecule has 1 aromatic rings. The molecule has 0 spiro atoms. The molecule has 2 rings (SSSR count). The molecule has 1 aliphatic rings. The van der Waals surface area contributed by atoms with Crippen LogP contribution < -0.4 is 5.32 Å². The van der Waals surface area contributed by atoms with Gasteiger partial charge < -0.3 is 5.32 Å². The maximum absolute atomic E-state index is 13.0. The van der Waals surface area contributed by atoms with Gasteiger partial charge in [0.05, 0.1) is 0 Å². The minimum absolute atomic E-state index is 0.116. The Kier molecular flexibility index (Phi) is 2.70. The zero-order chi connectivity index (χ0) is 11.9. The summed E-state index contributed by atoms with van der Waals surface area (Å²) in [5.74, 6) is 0.648. The van der Waals surface area contributed by atoms with Crippen molar-refractivity contribution in [2.24, 2.45) is 0 Å². The molecule has 1 fully saturated rings. The molecule has 8 heteroatoms. The molecule has 2 heterocycles. The highest BCUT2D eigenvalue weighted by molar-refractivity contribution is 7.86. The fourth-order valence-corrected chi connectivity index (χ4v) is 2.37. The molecule has 0 atom stereocenters. The van der Waals surface area contributed by atoms with Crippen LogP contribution >= 0.6 is 0 Å². The lowest BCUT2D eigenvalue weighted by Crippen LogP contribution is -2.41. The van der Waals surface area contributed by atoms with Crippen molar-refractivity contribution in [1.82, 2.24) is 20.1 Å². The van der Waals surface area contributed by atoms with Crippen LogP contribution in [0.25, 0.3) is 0 Å². The highest BCUT2D eigenvalue weighted by Crippen LogP contribution is 2.25. The molecule has 90 valence electrons. The minimum Gasteiger partial charge on any atom is -0.315 e. The number of aromatic nitrogens is 3. The monoisotopic (exact) mass is 248 g/mol. The molecule has 1 N–H and O–H groups in total. The van der Waals surface area contributed by atoms with E-state index in [-0.39, 0.29) is 12.0 Å². The Morgan fingerprint density at radius 2 is 2.06 bits per heavy atom. The summed E-state index contributed by atoms with van der Waals surface area (Å²) >= 11 is 0. The topological polar surface area (TPSA) is 76.9 Å². The predicted octanol–water partition coefficient (Wildman–Crippen LogP) is 0.204. The first-order valence-electron chi connectivity index (χ1n) is 5.01. The van der Waals surface area contributed by atoms with E-state index in [1.54, 1.807) is 13.8 Å². The minimum atomic E-state index is -4.81. The maximum Gasteiger partial charge on any atom is 0.368 e. The van der Waals surface area contributed by atoms with Crippen molar-refractivity contribution < 1.29 is 12.3 Å². The number of hydrogen-bond acceptors (Lipinski definition) is 5. The van der Waals surface area contributed by atoms with E-state index >= 15 is 0 Å². The van der Waals surface area contributed by atoms with E-state index < -0.39 is 15.4 Å². The Morgan fingerprint density at radius 1 is 1.44 bits per heavy atom. The number of hydrogen-bond donors (Lipinski definition) is 1. The van der Waals surface area contributed by atoms with E-state index in [4.69, 9.17) is 0 Å². The number of nitrogens with zero attached hydrogens (tertiary/aromatic N) is 3. The van der Waals surface area contributed by atoms with Crippen LogP contribution in [0.3, 0.4) is 0 Å². The van der Waals surface area contributed by atoms with Gasteiger partial charge in [0.1, 0.15) is 5.82 Å². The Bertz CT molecular complexity index is 492. The van der Waals surface area contributed by atoms with Crippen LogP contribution in [0.15, 0.2) is 5.16 Å². The molecule has 0 bridgehead atoms. The molecule has 0 unspecified atom stereocenters. The fraction of sp³-hybridized carbons (Fsp3) is 0.750. The van der Waals surface area contributed by atoms with Crippen molar-refractivity contribution in [3.05, 3.63) is 5.82 Å². The van der Waals surface area contributed by atoms with Gasteiger partial charge in [-0.25, -0.2) is 0 Å². The Labute approximate surface area is 93.1 Å². The Morgan fingerprint density at radius 3 is 2.44 bits per heavy atom. The predicted molar refractivity (Wildman–Crippen MR) is 54.3 cm³/mol. The summed E-state index contributed by atoms with van der Waals surface area (Å²) in [6, 6.07) is -0.189. The second kappa shape index (κ2) is 3.77. The molecule has 0 aromatic carbocycles. The molecule has 0 amide bonds. The normalized spacial score (nSPS) is 17.8. The Hall–Kier alpha value is -1.02. The first kappa shape index (κ1) is 11.5. The van der Waals surface area contributed by atoms with Crippen molar-refractivity contribution in [3.8, 4) is 0 Å². The molecule has 1 saturated heterocycles. The van der Waals surface area contributed by atoms with E-state index in [1.807, 2.05) is 0 Å². The molecule has 0 saturated carbocycles. The lowest BCUT2D eigenvalue weighted by molar-refractivity contribution is 0.393. The average Bonchev–Trinajstić information content (AvgIpc) is 2.43. The van der Waals surface area contributed by atoms with Gasteiger partial charge in [0.25, 0.3) is 5.16 Å². The quantitative estimate of drug-likeness (QED) is 0.773.